The number of benzene rings is 1. The normalized spacial score (nSPS) is 15.3. The molecule has 2 heterocycles. The van der Waals surface area contributed by atoms with Gasteiger partial charge < -0.3 is 9.88 Å². The third-order valence-corrected chi connectivity index (χ3v) is 5.55. The fraction of sp³-hybridized carbons (Fsp3) is 0.316. The maximum absolute atomic E-state index is 12.8. The molecule has 1 aliphatic carbocycles. The SMILES string of the molecule is Cc1ccc(NC(=O)c2cc3sccc3n2C2CCCC2)cc1. The Morgan fingerprint density at radius 3 is 2.65 bits per heavy atom. The molecule has 1 amide bonds. The van der Waals surface area contributed by atoms with Crippen LogP contribution in [-0.2, 0) is 0 Å². The molecule has 1 N–H and O–H groups in total. The standard InChI is InChI=1S/C19H20N2OS/c1-13-6-8-14(9-7-13)20-19(22)17-12-18-16(10-11-23-18)21(17)15-4-2-3-5-15/h6-12,15H,2-5H2,1H3,(H,20,22). The topological polar surface area (TPSA) is 34.0 Å². The van der Waals surface area contributed by atoms with Crippen molar-refractivity contribution in [2.45, 2.75) is 38.6 Å². The first-order valence-electron chi connectivity index (χ1n) is 8.19. The van der Waals surface area contributed by atoms with Gasteiger partial charge in [0.25, 0.3) is 5.91 Å². The van der Waals surface area contributed by atoms with Gasteiger partial charge in [0.1, 0.15) is 5.69 Å². The van der Waals surface area contributed by atoms with E-state index in [9.17, 15) is 4.79 Å². The van der Waals surface area contributed by atoms with Gasteiger partial charge in [-0.05, 0) is 49.4 Å². The molecule has 23 heavy (non-hydrogen) atoms. The van der Waals surface area contributed by atoms with E-state index in [0.29, 0.717) is 6.04 Å². The van der Waals surface area contributed by atoms with Crippen LogP contribution in [0.4, 0.5) is 5.69 Å². The maximum Gasteiger partial charge on any atom is 0.272 e. The smallest absolute Gasteiger partial charge is 0.272 e. The van der Waals surface area contributed by atoms with Crippen LogP contribution in [0.25, 0.3) is 10.2 Å². The molecule has 0 saturated heterocycles. The van der Waals surface area contributed by atoms with Crippen LogP contribution in [-0.4, -0.2) is 10.5 Å². The van der Waals surface area contributed by atoms with Crippen molar-refractivity contribution in [1.82, 2.24) is 4.57 Å². The van der Waals surface area contributed by atoms with Crippen LogP contribution >= 0.6 is 11.3 Å². The highest BCUT2D eigenvalue weighted by Gasteiger charge is 2.25. The number of aromatic nitrogens is 1. The van der Waals surface area contributed by atoms with Crippen LogP contribution in [0.15, 0.2) is 41.8 Å². The van der Waals surface area contributed by atoms with E-state index in [1.54, 1.807) is 11.3 Å². The second-order valence-corrected chi connectivity index (χ2v) is 7.28. The van der Waals surface area contributed by atoms with Gasteiger partial charge >= 0.3 is 0 Å². The lowest BCUT2D eigenvalue weighted by Gasteiger charge is -2.17. The molecule has 1 aliphatic rings. The van der Waals surface area contributed by atoms with Crippen molar-refractivity contribution in [2.75, 3.05) is 5.32 Å². The van der Waals surface area contributed by atoms with Crippen molar-refractivity contribution in [2.24, 2.45) is 0 Å². The van der Waals surface area contributed by atoms with Crippen LogP contribution in [0.5, 0.6) is 0 Å². The largest absolute Gasteiger partial charge is 0.333 e. The summed E-state index contributed by atoms with van der Waals surface area (Å²) < 4.78 is 3.47. The molecular formula is C19H20N2OS. The number of carbonyl (C=O) groups is 1. The fourth-order valence-corrected chi connectivity index (χ4v) is 4.32. The molecule has 1 fully saturated rings. The number of nitrogens with zero attached hydrogens (tertiary/aromatic N) is 1. The zero-order chi connectivity index (χ0) is 15.8. The number of hydrogen-bond acceptors (Lipinski definition) is 2. The van der Waals surface area contributed by atoms with Gasteiger partial charge in [0.15, 0.2) is 0 Å². The number of aryl methyl sites for hydroxylation is 1. The number of nitrogens with one attached hydrogen (secondary N) is 1. The van der Waals surface area contributed by atoms with Gasteiger partial charge in [-0.15, -0.1) is 11.3 Å². The number of rotatable bonds is 3. The predicted octanol–water partition coefficient (Wildman–Crippen LogP) is 5.38. The molecule has 3 nitrogen and oxygen atoms in total. The number of thiophene rings is 1. The highest BCUT2D eigenvalue weighted by molar-refractivity contribution is 7.17. The summed E-state index contributed by atoms with van der Waals surface area (Å²) in [5.41, 5.74) is 4.04. The van der Waals surface area contributed by atoms with E-state index in [4.69, 9.17) is 0 Å². The number of hydrogen-bond donors (Lipinski definition) is 1. The van der Waals surface area contributed by atoms with Crippen LogP contribution in [0.1, 0.15) is 47.8 Å². The zero-order valence-electron chi connectivity index (χ0n) is 13.2. The molecular weight excluding hydrogens is 304 g/mol. The summed E-state index contributed by atoms with van der Waals surface area (Å²) in [6.45, 7) is 2.05. The second-order valence-electron chi connectivity index (χ2n) is 6.33. The third-order valence-electron chi connectivity index (χ3n) is 4.69. The lowest BCUT2D eigenvalue weighted by Crippen LogP contribution is -2.19. The number of anilines is 1. The third kappa shape index (κ3) is 2.68. The minimum absolute atomic E-state index is 0.0100. The lowest BCUT2D eigenvalue weighted by molar-refractivity contribution is 0.101. The van der Waals surface area contributed by atoms with Gasteiger partial charge in [-0.2, -0.15) is 0 Å². The first-order chi connectivity index (χ1) is 11.2. The van der Waals surface area contributed by atoms with Crippen molar-refractivity contribution < 1.29 is 4.79 Å². The lowest BCUT2D eigenvalue weighted by atomic mass is 10.2. The molecule has 4 heteroatoms. The zero-order valence-corrected chi connectivity index (χ0v) is 14.0. The summed E-state index contributed by atoms with van der Waals surface area (Å²) in [5.74, 6) is -0.0100. The first kappa shape index (κ1) is 14.5. The van der Waals surface area contributed by atoms with E-state index >= 15 is 0 Å². The average molecular weight is 324 g/mol. The Hall–Kier alpha value is -2.07. The number of carbonyl (C=O) groups excluding carboxylic acids is 1. The quantitative estimate of drug-likeness (QED) is 0.689. The van der Waals surface area contributed by atoms with Crippen molar-refractivity contribution in [1.29, 1.82) is 0 Å². The molecule has 0 unspecified atom stereocenters. The Morgan fingerprint density at radius 1 is 1.17 bits per heavy atom. The van der Waals surface area contributed by atoms with E-state index in [0.717, 1.165) is 11.4 Å². The van der Waals surface area contributed by atoms with E-state index in [2.05, 4.69) is 21.3 Å². The van der Waals surface area contributed by atoms with Crippen LogP contribution in [0.3, 0.4) is 0 Å². The predicted molar refractivity (Wildman–Crippen MR) is 96.5 cm³/mol. The monoisotopic (exact) mass is 324 g/mol. The molecule has 118 valence electrons. The van der Waals surface area contributed by atoms with Crippen LogP contribution < -0.4 is 5.32 Å². The first-order valence-corrected chi connectivity index (χ1v) is 9.07. The van der Waals surface area contributed by atoms with Crippen molar-refractivity contribution in [3.63, 3.8) is 0 Å². The second kappa shape index (κ2) is 5.85. The molecule has 0 aliphatic heterocycles. The molecule has 0 spiro atoms. The Kier molecular flexibility index (Phi) is 3.69. The number of amides is 1. The molecule has 2 aromatic heterocycles. The van der Waals surface area contributed by atoms with Crippen LogP contribution in [0, 0.1) is 6.92 Å². The van der Waals surface area contributed by atoms with Gasteiger partial charge in [-0.25, -0.2) is 0 Å². The van der Waals surface area contributed by atoms with Gasteiger partial charge in [0.2, 0.25) is 0 Å². The number of fused-ring (bicyclic) bond motifs is 1. The van der Waals surface area contributed by atoms with Gasteiger partial charge in [0, 0.05) is 11.7 Å². The molecule has 0 radical (unpaired) electrons. The maximum atomic E-state index is 12.8. The molecule has 3 aromatic rings. The van der Waals surface area contributed by atoms with E-state index < -0.39 is 0 Å². The Bertz CT molecular complexity index is 838. The summed E-state index contributed by atoms with van der Waals surface area (Å²) >= 11 is 1.71. The molecule has 0 atom stereocenters. The Labute approximate surface area is 139 Å². The summed E-state index contributed by atoms with van der Waals surface area (Å²) in [4.78, 5) is 12.8. The Balaban J connectivity index is 1.69. The average Bonchev–Trinajstić information content (AvgIpc) is 3.24. The highest BCUT2D eigenvalue weighted by Crippen LogP contribution is 2.36. The van der Waals surface area contributed by atoms with Crippen molar-refractivity contribution in [3.8, 4) is 0 Å². The Morgan fingerprint density at radius 2 is 1.91 bits per heavy atom. The highest BCUT2D eigenvalue weighted by atomic mass is 32.1. The van der Waals surface area contributed by atoms with E-state index in [1.165, 1.54) is 41.5 Å². The van der Waals surface area contributed by atoms with Crippen molar-refractivity contribution >= 4 is 33.1 Å². The molecule has 0 bridgehead atoms. The molecule has 4 rings (SSSR count). The van der Waals surface area contributed by atoms with Gasteiger partial charge in [-0.3, -0.25) is 4.79 Å². The van der Waals surface area contributed by atoms with E-state index in [1.807, 2.05) is 37.3 Å². The summed E-state index contributed by atoms with van der Waals surface area (Å²) in [6.07, 6.45) is 4.86. The summed E-state index contributed by atoms with van der Waals surface area (Å²) in [7, 11) is 0. The van der Waals surface area contributed by atoms with Crippen LogP contribution in [0.2, 0.25) is 0 Å². The minimum Gasteiger partial charge on any atom is -0.333 e. The minimum atomic E-state index is -0.0100. The molecule has 1 saturated carbocycles. The summed E-state index contributed by atoms with van der Waals surface area (Å²) in [6, 6.07) is 12.6. The van der Waals surface area contributed by atoms with Crippen molar-refractivity contribution in [3.05, 3.63) is 53.0 Å². The van der Waals surface area contributed by atoms with Gasteiger partial charge in [0.05, 0.1) is 10.2 Å². The van der Waals surface area contributed by atoms with E-state index in [-0.39, 0.29) is 5.91 Å². The summed E-state index contributed by atoms with van der Waals surface area (Å²) in [5, 5.41) is 5.15. The molecule has 1 aromatic carbocycles. The van der Waals surface area contributed by atoms with Gasteiger partial charge in [-0.1, -0.05) is 30.5 Å². The fourth-order valence-electron chi connectivity index (χ4n) is 3.51.